The third kappa shape index (κ3) is 3.81. The molecule has 0 aromatic heterocycles. The monoisotopic (exact) mass is 277 g/mol. The number of carbonyl (C=O) groups is 2. The molecule has 0 unspecified atom stereocenters. The van der Waals surface area contributed by atoms with Crippen molar-refractivity contribution in [1.82, 2.24) is 0 Å². The van der Waals surface area contributed by atoms with E-state index in [1.54, 1.807) is 4.90 Å². The van der Waals surface area contributed by atoms with E-state index in [4.69, 9.17) is 9.84 Å². The predicted molar refractivity (Wildman–Crippen MR) is 74.6 cm³/mol. The molecule has 20 heavy (non-hydrogen) atoms. The van der Waals surface area contributed by atoms with Crippen molar-refractivity contribution >= 4 is 17.6 Å². The first-order chi connectivity index (χ1) is 9.68. The third-order valence-corrected chi connectivity index (χ3v) is 3.45. The van der Waals surface area contributed by atoms with Crippen LogP contribution >= 0.6 is 0 Å². The Bertz CT molecular complexity index is 454. The number of hydrogen-bond acceptors (Lipinski definition) is 3. The van der Waals surface area contributed by atoms with Gasteiger partial charge in [0, 0.05) is 31.4 Å². The van der Waals surface area contributed by atoms with Crippen LogP contribution in [0.25, 0.3) is 0 Å². The Morgan fingerprint density at radius 2 is 1.85 bits per heavy atom. The van der Waals surface area contributed by atoms with Gasteiger partial charge in [0.25, 0.3) is 0 Å². The van der Waals surface area contributed by atoms with Crippen molar-refractivity contribution in [2.75, 3.05) is 24.7 Å². The highest BCUT2D eigenvalue weighted by Gasteiger charge is 2.27. The maximum atomic E-state index is 12.6. The zero-order valence-electron chi connectivity index (χ0n) is 11.3. The molecule has 1 N–H and O–H groups in total. The van der Waals surface area contributed by atoms with Gasteiger partial charge in [-0.3, -0.25) is 9.59 Å². The second-order valence-electron chi connectivity index (χ2n) is 4.86. The molecular weight excluding hydrogens is 258 g/mol. The van der Waals surface area contributed by atoms with Crippen molar-refractivity contribution in [2.24, 2.45) is 5.92 Å². The molecule has 1 amide bonds. The molecule has 1 aliphatic rings. The van der Waals surface area contributed by atoms with Gasteiger partial charge in [0.05, 0.1) is 6.42 Å². The number of para-hydroxylation sites is 1. The third-order valence-electron chi connectivity index (χ3n) is 3.45. The Labute approximate surface area is 118 Å². The van der Waals surface area contributed by atoms with Crippen molar-refractivity contribution in [2.45, 2.75) is 19.3 Å². The molecule has 0 saturated carbocycles. The van der Waals surface area contributed by atoms with Gasteiger partial charge < -0.3 is 14.7 Å². The van der Waals surface area contributed by atoms with Crippen LogP contribution in [0.1, 0.15) is 19.3 Å². The van der Waals surface area contributed by atoms with E-state index in [1.165, 1.54) is 0 Å². The lowest BCUT2D eigenvalue weighted by molar-refractivity contribution is -0.136. The summed E-state index contributed by atoms with van der Waals surface area (Å²) < 4.78 is 5.27. The number of ether oxygens (including phenoxy) is 1. The van der Waals surface area contributed by atoms with Gasteiger partial charge in [-0.05, 0) is 25.0 Å². The van der Waals surface area contributed by atoms with Crippen LogP contribution in [0.15, 0.2) is 30.3 Å². The molecule has 0 spiro atoms. The van der Waals surface area contributed by atoms with Crippen LogP contribution in [0.5, 0.6) is 0 Å². The normalized spacial score (nSPS) is 15.8. The Balaban J connectivity index is 2.12. The molecule has 108 valence electrons. The van der Waals surface area contributed by atoms with Crippen molar-refractivity contribution in [3.8, 4) is 0 Å². The average molecular weight is 277 g/mol. The lowest BCUT2D eigenvalue weighted by Gasteiger charge is -2.29. The van der Waals surface area contributed by atoms with Crippen LogP contribution in [0.3, 0.4) is 0 Å². The van der Waals surface area contributed by atoms with Crippen LogP contribution in [-0.2, 0) is 14.3 Å². The molecule has 1 aliphatic heterocycles. The Hall–Kier alpha value is -1.88. The highest BCUT2D eigenvalue weighted by atomic mass is 16.5. The molecule has 1 saturated heterocycles. The molecule has 0 aliphatic carbocycles. The van der Waals surface area contributed by atoms with Crippen LogP contribution < -0.4 is 4.90 Å². The SMILES string of the molecule is O=C(O)CCN(C(=O)C1CCOCC1)c1ccccc1. The molecule has 2 rings (SSSR count). The largest absolute Gasteiger partial charge is 0.481 e. The molecule has 5 heteroatoms. The summed E-state index contributed by atoms with van der Waals surface area (Å²) >= 11 is 0. The van der Waals surface area contributed by atoms with Crippen molar-refractivity contribution < 1.29 is 19.4 Å². The fourth-order valence-electron chi connectivity index (χ4n) is 2.35. The lowest BCUT2D eigenvalue weighted by atomic mass is 9.98. The minimum Gasteiger partial charge on any atom is -0.481 e. The fraction of sp³-hybridized carbons (Fsp3) is 0.467. The minimum atomic E-state index is -0.897. The van der Waals surface area contributed by atoms with E-state index in [9.17, 15) is 9.59 Å². The van der Waals surface area contributed by atoms with E-state index in [0.717, 1.165) is 5.69 Å². The summed E-state index contributed by atoms with van der Waals surface area (Å²) in [7, 11) is 0. The molecule has 5 nitrogen and oxygen atoms in total. The molecule has 0 atom stereocenters. The van der Waals surface area contributed by atoms with E-state index < -0.39 is 5.97 Å². The van der Waals surface area contributed by atoms with E-state index in [2.05, 4.69) is 0 Å². The van der Waals surface area contributed by atoms with Gasteiger partial charge in [-0.1, -0.05) is 18.2 Å². The number of benzene rings is 1. The summed E-state index contributed by atoms with van der Waals surface area (Å²) in [6.07, 6.45) is 1.36. The average Bonchev–Trinajstić information content (AvgIpc) is 2.49. The van der Waals surface area contributed by atoms with Crippen LogP contribution in [0.4, 0.5) is 5.69 Å². The van der Waals surface area contributed by atoms with Gasteiger partial charge in [0.15, 0.2) is 0 Å². The zero-order chi connectivity index (χ0) is 14.4. The fourth-order valence-corrected chi connectivity index (χ4v) is 2.35. The Kier molecular flexibility index (Phi) is 5.12. The minimum absolute atomic E-state index is 0.000694. The molecule has 1 aromatic rings. The number of anilines is 1. The van der Waals surface area contributed by atoms with Gasteiger partial charge >= 0.3 is 5.97 Å². The number of carbonyl (C=O) groups excluding carboxylic acids is 1. The van der Waals surface area contributed by atoms with Crippen molar-refractivity contribution in [3.05, 3.63) is 30.3 Å². The maximum Gasteiger partial charge on any atom is 0.305 e. The second-order valence-corrected chi connectivity index (χ2v) is 4.86. The molecule has 1 heterocycles. The number of aliphatic carboxylic acids is 1. The van der Waals surface area contributed by atoms with Crippen molar-refractivity contribution in [3.63, 3.8) is 0 Å². The summed E-state index contributed by atoms with van der Waals surface area (Å²) in [4.78, 5) is 25.0. The van der Waals surface area contributed by atoms with Gasteiger partial charge in [0.1, 0.15) is 0 Å². The Morgan fingerprint density at radius 3 is 2.45 bits per heavy atom. The summed E-state index contributed by atoms with van der Waals surface area (Å²) in [6, 6.07) is 9.23. The number of hydrogen-bond donors (Lipinski definition) is 1. The van der Waals surface area contributed by atoms with Gasteiger partial charge in [0.2, 0.25) is 5.91 Å². The van der Waals surface area contributed by atoms with Gasteiger partial charge in [-0.2, -0.15) is 0 Å². The highest BCUT2D eigenvalue weighted by molar-refractivity contribution is 5.95. The molecular formula is C15H19NO4. The number of rotatable bonds is 5. The number of nitrogens with zero attached hydrogens (tertiary/aromatic N) is 1. The number of amides is 1. The van der Waals surface area contributed by atoms with Gasteiger partial charge in [-0.25, -0.2) is 0 Å². The standard InChI is InChI=1S/C15H19NO4/c17-14(18)6-9-16(13-4-2-1-3-5-13)15(19)12-7-10-20-11-8-12/h1-5,12H,6-11H2,(H,17,18). The second kappa shape index (κ2) is 7.05. The van der Waals surface area contributed by atoms with E-state index in [1.807, 2.05) is 30.3 Å². The first-order valence-corrected chi connectivity index (χ1v) is 6.84. The molecule has 0 radical (unpaired) electrons. The summed E-state index contributed by atoms with van der Waals surface area (Å²) in [5.74, 6) is -0.968. The van der Waals surface area contributed by atoms with Crippen LogP contribution in [-0.4, -0.2) is 36.7 Å². The lowest BCUT2D eigenvalue weighted by Crippen LogP contribution is -2.39. The van der Waals surface area contributed by atoms with E-state index in [0.29, 0.717) is 26.1 Å². The first-order valence-electron chi connectivity index (χ1n) is 6.84. The molecule has 1 aromatic carbocycles. The molecule has 1 fully saturated rings. The summed E-state index contributed by atoms with van der Waals surface area (Å²) in [5.41, 5.74) is 0.755. The first kappa shape index (κ1) is 14.5. The van der Waals surface area contributed by atoms with E-state index >= 15 is 0 Å². The number of carboxylic acid groups (broad SMARTS) is 1. The Morgan fingerprint density at radius 1 is 1.20 bits per heavy atom. The quantitative estimate of drug-likeness (QED) is 0.893. The van der Waals surface area contributed by atoms with Crippen LogP contribution in [0.2, 0.25) is 0 Å². The van der Waals surface area contributed by atoms with Crippen molar-refractivity contribution in [1.29, 1.82) is 0 Å². The number of carboxylic acids is 1. The van der Waals surface area contributed by atoms with E-state index in [-0.39, 0.29) is 24.8 Å². The topological polar surface area (TPSA) is 66.8 Å². The zero-order valence-corrected chi connectivity index (χ0v) is 11.3. The van der Waals surface area contributed by atoms with Gasteiger partial charge in [-0.15, -0.1) is 0 Å². The summed E-state index contributed by atoms with van der Waals surface area (Å²) in [6.45, 7) is 1.39. The van der Waals surface area contributed by atoms with Crippen LogP contribution in [0, 0.1) is 5.92 Å². The highest BCUT2D eigenvalue weighted by Crippen LogP contribution is 2.22. The maximum absolute atomic E-state index is 12.6. The predicted octanol–water partition coefficient (Wildman–Crippen LogP) is 1.92. The summed E-state index contributed by atoms with van der Waals surface area (Å²) in [5, 5.41) is 8.84. The molecule has 0 bridgehead atoms. The smallest absolute Gasteiger partial charge is 0.305 e.